The van der Waals surface area contributed by atoms with Crippen LogP contribution >= 0.6 is 0 Å². The molecule has 2 atom stereocenters. The first kappa shape index (κ1) is 24.0. The van der Waals surface area contributed by atoms with Gasteiger partial charge in [-0.25, -0.2) is 0 Å². The van der Waals surface area contributed by atoms with Crippen molar-refractivity contribution < 1.29 is 28.6 Å². The summed E-state index contributed by atoms with van der Waals surface area (Å²) < 4.78 is 16.7. The van der Waals surface area contributed by atoms with Gasteiger partial charge < -0.3 is 19.1 Å². The van der Waals surface area contributed by atoms with Crippen LogP contribution in [-0.4, -0.2) is 37.4 Å². The average Bonchev–Trinajstić information content (AvgIpc) is 3.29. The molecule has 7 nitrogen and oxygen atoms in total. The van der Waals surface area contributed by atoms with Crippen LogP contribution in [0.5, 0.6) is 17.2 Å². The van der Waals surface area contributed by atoms with E-state index in [1.165, 1.54) is 0 Å². The standard InChI is InChI=1S/C28H27NO6/c1-3-23(27(31)19-9-5-4-6-10-19)35-28(32)20-17-26(30)29(18-20)21-13-15-22(16-14-21)34-25-12-8-7-11-24(25)33-2/h4-16,20,23H,3,17-18H2,1-2H3/t20-,23-/m0/s1. The summed E-state index contributed by atoms with van der Waals surface area (Å²) in [7, 11) is 1.58. The number of benzene rings is 3. The Bertz CT molecular complexity index is 1190. The maximum atomic E-state index is 12.8. The zero-order chi connectivity index (χ0) is 24.8. The van der Waals surface area contributed by atoms with Gasteiger partial charge in [0.1, 0.15) is 5.75 Å². The highest BCUT2D eigenvalue weighted by atomic mass is 16.5. The van der Waals surface area contributed by atoms with Crippen LogP contribution < -0.4 is 14.4 Å². The molecule has 3 aromatic rings. The minimum Gasteiger partial charge on any atom is -0.493 e. The lowest BCUT2D eigenvalue weighted by Gasteiger charge is -2.19. The fourth-order valence-electron chi connectivity index (χ4n) is 3.99. The third-order valence-corrected chi connectivity index (χ3v) is 5.88. The van der Waals surface area contributed by atoms with E-state index >= 15 is 0 Å². The SMILES string of the molecule is CC[C@H](OC(=O)[C@H]1CC(=O)N(c2ccc(Oc3ccccc3OC)cc2)C1)C(=O)c1ccccc1. The Morgan fingerprint density at radius 3 is 2.26 bits per heavy atom. The molecule has 0 radical (unpaired) electrons. The van der Waals surface area contributed by atoms with Crippen molar-refractivity contribution in [2.24, 2.45) is 5.92 Å². The Balaban J connectivity index is 1.39. The van der Waals surface area contributed by atoms with E-state index in [-0.39, 0.29) is 24.7 Å². The van der Waals surface area contributed by atoms with E-state index in [9.17, 15) is 14.4 Å². The Morgan fingerprint density at radius 2 is 1.60 bits per heavy atom. The molecule has 0 N–H and O–H groups in total. The number of Topliss-reactive ketones (excluding diaryl/α,β-unsaturated/α-hetero) is 1. The second kappa shape index (κ2) is 10.9. The molecule has 1 amide bonds. The number of para-hydroxylation sites is 2. The molecule has 7 heteroatoms. The van der Waals surface area contributed by atoms with Crippen LogP contribution in [0.15, 0.2) is 78.9 Å². The number of carbonyl (C=O) groups is 3. The van der Waals surface area contributed by atoms with Gasteiger partial charge >= 0.3 is 5.97 Å². The van der Waals surface area contributed by atoms with E-state index in [0.29, 0.717) is 34.9 Å². The van der Waals surface area contributed by atoms with Gasteiger partial charge in [0, 0.05) is 24.2 Å². The maximum absolute atomic E-state index is 12.8. The van der Waals surface area contributed by atoms with Gasteiger partial charge in [-0.1, -0.05) is 49.4 Å². The van der Waals surface area contributed by atoms with Gasteiger partial charge in [-0.05, 0) is 42.8 Å². The molecule has 0 bridgehead atoms. The van der Waals surface area contributed by atoms with E-state index in [1.54, 1.807) is 73.5 Å². The van der Waals surface area contributed by atoms with E-state index in [4.69, 9.17) is 14.2 Å². The third kappa shape index (κ3) is 5.51. The van der Waals surface area contributed by atoms with Crippen LogP contribution in [0.4, 0.5) is 5.69 Å². The van der Waals surface area contributed by atoms with E-state index < -0.39 is 18.0 Å². The minimum absolute atomic E-state index is 0.0360. The molecule has 1 aliphatic rings. The molecular weight excluding hydrogens is 446 g/mol. The van der Waals surface area contributed by atoms with Crippen LogP contribution in [0, 0.1) is 5.92 Å². The number of ketones is 1. The van der Waals surface area contributed by atoms with Crippen molar-refractivity contribution in [2.75, 3.05) is 18.6 Å². The molecular formula is C28H27NO6. The summed E-state index contributed by atoms with van der Waals surface area (Å²) in [5, 5.41) is 0. The smallest absolute Gasteiger partial charge is 0.312 e. The summed E-state index contributed by atoms with van der Waals surface area (Å²) in [5.41, 5.74) is 1.15. The predicted octanol–water partition coefficient (Wildman–Crippen LogP) is 5.05. The Morgan fingerprint density at radius 1 is 0.943 bits per heavy atom. The first-order chi connectivity index (χ1) is 17.0. The largest absolute Gasteiger partial charge is 0.493 e. The minimum atomic E-state index is -0.875. The molecule has 180 valence electrons. The number of nitrogens with zero attached hydrogens (tertiary/aromatic N) is 1. The number of esters is 1. The van der Waals surface area contributed by atoms with Gasteiger partial charge in [0.15, 0.2) is 17.6 Å². The van der Waals surface area contributed by atoms with Crippen LogP contribution in [0.1, 0.15) is 30.1 Å². The number of hydrogen-bond donors (Lipinski definition) is 0. The van der Waals surface area contributed by atoms with Crippen molar-refractivity contribution in [3.05, 3.63) is 84.4 Å². The molecule has 0 aliphatic carbocycles. The van der Waals surface area contributed by atoms with Crippen molar-refractivity contribution >= 4 is 23.3 Å². The van der Waals surface area contributed by atoms with Gasteiger partial charge in [-0.3, -0.25) is 14.4 Å². The first-order valence-corrected chi connectivity index (χ1v) is 11.5. The van der Waals surface area contributed by atoms with Crippen molar-refractivity contribution in [2.45, 2.75) is 25.9 Å². The Labute approximate surface area is 204 Å². The van der Waals surface area contributed by atoms with Gasteiger partial charge in [0.2, 0.25) is 11.7 Å². The number of rotatable bonds is 9. The molecule has 0 unspecified atom stereocenters. The normalized spacial score (nSPS) is 16.0. The van der Waals surface area contributed by atoms with Gasteiger partial charge in [-0.15, -0.1) is 0 Å². The number of anilines is 1. The molecule has 3 aromatic carbocycles. The van der Waals surface area contributed by atoms with Crippen LogP contribution in [0.25, 0.3) is 0 Å². The lowest BCUT2D eigenvalue weighted by Crippen LogP contribution is -2.31. The molecule has 1 aliphatic heterocycles. The molecule has 35 heavy (non-hydrogen) atoms. The van der Waals surface area contributed by atoms with Gasteiger partial charge in [0.25, 0.3) is 0 Å². The Hall–Kier alpha value is -4.13. The van der Waals surface area contributed by atoms with Crippen LogP contribution in [0.3, 0.4) is 0 Å². The fourth-order valence-corrected chi connectivity index (χ4v) is 3.99. The van der Waals surface area contributed by atoms with E-state index in [2.05, 4.69) is 0 Å². The number of hydrogen-bond acceptors (Lipinski definition) is 6. The van der Waals surface area contributed by atoms with Crippen molar-refractivity contribution in [3.63, 3.8) is 0 Å². The molecule has 1 saturated heterocycles. The highest BCUT2D eigenvalue weighted by Gasteiger charge is 2.37. The molecule has 0 saturated carbocycles. The molecule has 0 aromatic heterocycles. The summed E-state index contributed by atoms with van der Waals surface area (Å²) in [5.74, 6) is 0.201. The van der Waals surface area contributed by atoms with E-state index in [0.717, 1.165) is 0 Å². The molecule has 4 rings (SSSR count). The summed E-state index contributed by atoms with van der Waals surface area (Å²) in [6.07, 6.45) is -0.480. The summed E-state index contributed by atoms with van der Waals surface area (Å²) in [6.45, 7) is 1.99. The summed E-state index contributed by atoms with van der Waals surface area (Å²) in [6, 6.07) is 23.1. The summed E-state index contributed by atoms with van der Waals surface area (Å²) in [4.78, 5) is 39.7. The predicted molar refractivity (Wildman–Crippen MR) is 131 cm³/mol. The maximum Gasteiger partial charge on any atom is 0.312 e. The quantitative estimate of drug-likeness (QED) is 0.320. The topological polar surface area (TPSA) is 82.1 Å². The second-order valence-corrected chi connectivity index (χ2v) is 8.22. The average molecular weight is 474 g/mol. The summed E-state index contributed by atoms with van der Waals surface area (Å²) >= 11 is 0. The first-order valence-electron chi connectivity index (χ1n) is 11.5. The van der Waals surface area contributed by atoms with E-state index in [1.807, 2.05) is 24.3 Å². The lowest BCUT2D eigenvalue weighted by molar-refractivity contribution is -0.151. The van der Waals surface area contributed by atoms with Crippen molar-refractivity contribution in [1.82, 2.24) is 0 Å². The van der Waals surface area contributed by atoms with Crippen LogP contribution in [-0.2, 0) is 14.3 Å². The molecule has 0 spiro atoms. The van der Waals surface area contributed by atoms with Crippen LogP contribution in [0.2, 0.25) is 0 Å². The van der Waals surface area contributed by atoms with Gasteiger partial charge in [-0.2, -0.15) is 0 Å². The third-order valence-electron chi connectivity index (χ3n) is 5.88. The number of carbonyl (C=O) groups excluding carboxylic acids is 3. The van der Waals surface area contributed by atoms with Gasteiger partial charge in [0.05, 0.1) is 13.0 Å². The van der Waals surface area contributed by atoms with Crippen molar-refractivity contribution in [3.8, 4) is 17.2 Å². The Kier molecular flexibility index (Phi) is 7.45. The zero-order valence-corrected chi connectivity index (χ0v) is 19.7. The lowest BCUT2D eigenvalue weighted by atomic mass is 10.0. The molecule has 1 heterocycles. The zero-order valence-electron chi connectivity index (χ0n) is 19.7. The molecule has 1 fully saturated rings. The fraction of sp³-hybridized carbons (Fsp3) is 0.250. The second-order valence-electron chi connectivity index (χ2n) is 8.22. The number of ether oxygens (including phenoxy) is 3. The highest BCUT2D eigenvalue weighted by molar-refractivity contribution is 6.02. The monoisotopic (exact) mass is 473 g/mol. The number of amides is 1. The van der Waals surface area contributed by atoms with Crippen molar-refractivity contribution in [1.29, 1.82) is 0 Å². The number of methoxy groups -OCH3 is 1. The highest BCUT2D eigenvalue weighted by Crippen LogP contribution is 2.33.